The number of aryl methyl sites for hydroxylation is 1. The molecule has 0 atom stereocenters. The average Bonchev–Trinajstić information content (AvgIpc) is 3.55. The van der Waals surface area contributed by atoms with Gasteiger partial charge in [0.15, 0.2) is 5.16 Å². The van der Waals surface area contributed by atoms with Gasteiger partial charge in [-0.25, -0.2) is 4.57 Å². The van der Waals surface area contributed by atoms with Crippen molar-refractivity contribution in [3.05, 3.63) is 64.4 Å². The summed E-state index contributed by atoms with van der Waals surface area (Å²) in [6.07, 6.45) is 3.39. The van der Waals surface area contributed by atoms with E-state index in [1.807, 2.05) is 64.8 Å². The highest BCUT2D eigenvalue weighted by atomic mass is 32.2. The Morgan fingerprint density at radius 1 is 1.12 bits per heavy atom. The van der Waals surface area contributed by atoms with Crippen molar-refractivity contribution in [1.82, 2.24) is 24.1 Å². The van der Waals surface area contributed by atoms with Crippen LogP contribution in [0.1, 0.15) is 31.7 Å². The number of carbonyl (C=O) groups excluding carboxylic acids is 1. The molecule has 1 aliphatic carbocycles. The monoisotopic (exact) mass is 461 g/mol. The summed E-state index contributed by atoms with van der Waals surface area (Å²) in [7, 11) is 0. The molecule has 0 spiro atoms. The van der Waals surface area contributed by atoms with Gasteiger partial charge in [-0.05, 0) is 56.4 Å². The number of hydrogen-bond acceptors (Lipinski definition) is 5. The molecule has 5 rings (SSSR count). The molecule has 0 aliphatic heterocycles. The fraction of sp³-hybridized carbons (Fsp3) is 0.360. The molecule has 2 aromatic carbocycles. The Morgan fingerprint density at radius 2 is 1.88 bits per heavy atom. The standard InChI is InChI=1S/C25H27N5O2S/c1-3-14-28(15-18-10-11-18)22(31)16-33-25-27-26-24-29(19-12-8-17(2)9-13-19)23(32)20-6-4-5-7-21(20)30(24)25/h4-9,12-13,18H,3,10-11,14-16H2,1-2H3. The maximum absolute atomic E-state index is 13.4. The number of carbonyl (C=O) groups is 1. The van der Waals surface area contributed by atoms with Crippen molar-refractivity contribution in [3.63, 3.8) is 0 Å². The first-order chi connectivity index (χ1) is 16.1. The van der Waals surface area contributed by atoms with Crippen molar-refractivity contribution in [2.75, 3.05) is 18.8 Å². The van der Waals surface area contributed by atoms with Crippen molar-refractivity contribution >= 4 is 34.3 Å². The summed E-state index contributed by atoms with van der Waals surface area (Å²) in [5, 5.41) is 9.96. The fourth-order valence-electron chi connectivity index (χ4n) is 4.12. The lowest BCUT2D eigenvalue weighted by Crippen LogP contribution is -2.35. The van der Waals surface area contributed by atoms with Gasteiger partial charge in [0, 0.05) is 13.1 Å². The summed E-state index contributed by atoms with van der Waals surface area (Å²) in [5.41, 5.74) is 2.45. The largest absolute Gasteiger partial charge is 0.342 e. The molecule has 2 heterocycles. The first kappa shape index (κ1) is 21.7. The number of thioether (sulfide) groups is 1. The summed E-state index contributed by atoms with van der Waals surface area (Å²) in [6, 6.07) is 15.2. The van der Waals surface area contributed by atoms with Crippen LogP contribution < -0.4 is 5.56 Å². The number of amides is 1. The van der Waals surface area contributed by atoms with Crippen molar-refractivity contribution in [2.24, 2.45) is 5.92 Å². The molecule has 170 valence electrons. The molecule has 1 amide bonds. The molecule has 0 saturated heterocycles. The van der Waals surface area contributed by atoms with Crippen LogP contribution in [0.15, 0.2) is 58.5 Å². The lowest BCUT2D eigenvalue weighted by atomic mass is 10.2. The normalized spacial score (nSPS) is 13.6. The van der Waals surface area contributed by atoms with Gasteiger partial charge in [-0.15, -0.1) is 10.2 Å². The van der Waals surface area contributed by atoms with E-state index in [0.29, 0.717) is 28.0 Å². The van der Waals surface area contributed by atoms with Gasteiger partial charge in [0.2, 0.25) is 11.7 Å². The van der Waals surface area contributed by atoms with Crippen molar-refractivity contribution < 1.29 is 4.79 Å². The summed E-state index contributed by atoms with van der Waals surface area (Å²) in [4.78, 5) is 28.3. The van der Waals surface area contributed by atoms with Crippen LogP contribution in [0.3, 0.4) is 0 Å². The quantitative estimate of drug-likeness (QED) is 0.370. The Hall–Kier alpha value is -3.13. The first-order valence-corrected chi connectivity index (χ1v) is 12.4. The molecular weight excluding hydrogens is 434 g/mol. The second kappa shape index (κ2) is 9.02. The van der Waals surface area contributed by atoms with Crippen molar-refractivity contribution in [3.8, 4) is 5.69 Å². The molecule has 1 fully saturated rings. The zero-order valence-electron chi connectivity index (χ0n) is 18.9. The van der Waals surface area contributed by atoms with Crippen LogP contribution in [0.2, 0.25) is 0 Å². The lowest BCUT2D eigenvalue weighted by molar-refractivity contribution is -0.128. The van der Waals surface area contributed by atoms with E-state index in [1.165, 1.54) is 24.6 Å². The van der Waals surface area contributed by atoms with Gasteiger partial charge in [-0.2, -0.15) is 0 Å². The number of hydrogen-bond donors (Lipinski definition) is 0. The van der Waals surface area contributed by atoms with Crippen LogP contribution in [0.25, 0.3) is 22.4 Å². The van der Waals surface area contributed by atoms with E-state index in [9.17, 15) is 9.59 Å². The number of aromatic nitrogens is 4. The summed E-state index contributed by atoms with van der Waals surface area (Å²) in [5.74, 6) is 1.53. The molecule has 0 radical (unpaired) electrons. The third-order valence-corrected chi connectivity index (χ3v) is 6.95. The Bertz CT molecular complexity index is 1370. The Morgan fingerprint density at radius 3 is 2.61 bits per heavy atom. The molecule has 1 aliphatic rings. The lowest BCUT2D eigenvalue weighted by Gasteiger charge is -2.21. The van der Waals surface area contributed by atoms with Gasteiger partial charge in [0.25, 0.3) is 5.56 Å². The van der Waals surface area contributed by atoms with Crippen LogP contribution in [0.4, 0.5) is 0 Å². The van der Waals surface area contributed by atoms with Gasteiger partial charge in [0.1, 0.15) is 0 Å². The van der Waals surface area contributed by atoms with Gasteiger partial charge in [-0.1, -0.05) is 48.5 Å². The minimum atomic E-state index is -0.138. The minimum Gasteiger partial charge on any atom is -0.342 e. The fourth-order valence-corrected chi connectivity index (χ4v) is 4.96. The van der Waals surface area contributed by atoms with Crippen molar-refractivity contribution in [1.29, 1.82) is 0 Å². The van der Waals surface area contributed by atoms with Crippen LogP contribution in [-0.4, -0.2) is 48.8 Å². The molecule has 0 unspecified atom stereocenters. The minimum absolute atomic E-state index is 0.127. The second-order valence-electron chi connectivity index (χ2n) is 8.68. The zero-order chi connectivity index (χ0) is 22.9. The predicted octanol–water partition coefficient (Wildman–Crippen LogP) is 4.08. The SMILES string of the molecule is CCCN(CC1CC1)C(=O)CSc1nnc2n(-c3ccc(C)cc3)c(=O)c3ccccc3n12. The maximum Gasteiger partial charge on any atom is 0.267 e. The second-order valence-corrected chi connectivity index (χ2v) is 9.63. The number of fused-ring (bicyclic) bond motifs is 3. The molecular formula is C25H27N5O2S. The number of nitrogens with zero attached hydrogens (tertiary/aromatic N) is 5. The van der Waals surface area contributed by atoms with Gasteiger partial charge in [-0.3, -0.25) is 14.0 Å². The summed E-state index contributed by atoms with van der Waals surface area (Å²) < 4.78 is 3.48. The molecule has 7 nitrogen and oxygen atoms in total. The van der Waals surface area contributed by atoms with Crippen LogP contribution in [0.5, 0.6) is 0 Å². The van der Waals surface area contributed by atoms with E-state index >= 15 is 0 Å². The van der Waals surface area contributed by atoms with E-state index in [2.05, 4.69) is 17.1 Å². The third-order valence-electron chi connectivity index (χ3n) is 6.03. The summed E-state index contributed by atoms with van der Waals surface area (Å²) >= 11 is 1.38. The zero-order valence-corrected chi connectivity index (χ0v) is 19.7. The predicted molar refractivity (Wildman–Crippen MR) is 131 cm³/mol. The Balaban J connectivity index is 1.55. The smallest absolute Gasteiger partial charge is 0.267 e. The maximum atomic E-state index is 13.4. The van der Waals surface area contributed by atoms with E-state index < -0.39 is 0 Å². The van der Waals surface area contributed by atoms with Crippen LogP contribution in [0, 0.1) is 12.8 Å². The molecule has 33 heavy (non-hydrogen) atoms. The van der Waals surface area contributed by atoms with E-state index in [1.54, 1.807) is 4.57 Å². The van der Waals surface area contributed by atoms with E-state index in [-0.39, 0.29) is 11.5 Å². The molecule has 0 N–H and O–H groups in total. The molecule has 8 heteroatoms. The third kappa shape index (κ3) is 4.27. The molecule has 0 bridgehead atoms. The first-order valence-electron chi connectivity index (χ1n) is 11.4. The number of para-hydroxylation sites is 1. The summed E-state index contributed by atoms with van der Waals surface area (Å²) in [6.45, 7) is 5.75. The highest BCUT2D eigenvalue weighted by molar-refractivity contribution is 7.99. The molecule has 4 aromatic rings. The van der Waals surface area contributed by atoms with Gasteiger partial charge >= 0.3 is 0 Å². The van der Waals surface area contributed by atoms with E-state index in [0.717, 1.165) is 36.3 Å². The van der Waals surface area contributed by atoms with Gasteiger partial charge in [0.05, 0.1) is 22.3 Å². The topological polar surface area (TPSA) is 72.5 Å². The van der Waals surface area contributed by atoms with Crippen LogP contribution in [-0.2, 0) is 4.79 Å². The Labute approximate surface area is 196 Å². The van der Waals surface area contributed by atoms with Crippen LogP contribution >= 0.6 is 11.8 Å². The highest BCUT2D eigenvalue weighted by Gasteiger charge is 2.27. The number of benzene rings is 2. The molecule has 1 saturated carbocycles. The van der Waals surface area contributed by atoms with Crippen molar-refractivity contribution in [2.45, 2.75) is 38.3 Å². The van der Waals surface area contributed by atoms with Gasteiger partial charge < -0.3 is 4.90 Å². The average molecular weight is 462 g/mol. The van der Waals surface area contributed by atoms with E-state index in [4.69, 9.17) is 0 Å². The highest BCUT2D eigenvalue weighted by Crippen LogP contribution is 2.30. The Kier molecular flexibility index (Phi) is 5.93. The molecule has 2 aromatic heterocycles. The number of rotatable bonds is 8.